The summed E-state index contributed by atoms with van der Waals surface area (Å²) >= 11 is 11.2. The highest BCUT2D eigenvalue weighted by atomic mass is 35.5. The predicted molar refractivity (Wildman–Crippen MR) is 43.7 cm³/mol. The lowest BCUT2D eigenvalue weighted by Crippen LogP contribution is -1.74. The van der Waals surface area contributed by atoms with E-state index in [9.17, 15) is 0 Å². The summed E-state index contributed by atoms with van der Waals surface area (Å²) in [6.45, 7) is 8.84. The van der Waals surface area contributed by atoms with Crippen molar-refractivity contribution in [3.8, 4) is 0 Å². The third-order valence-electron chi connectivity index (χ3n) is 0.764. The summed E-state index contributed by atoms with van der Waals surface area (Å²) in [6, 6.07) is 0. The molecule has 0 saturated heterocycles. The smallest absolute Gasteiger partial charge is 0.0615 e. The Hall–Kier alpha value is -0.200. The second-order valence-corrected chi connectivity index (χ2v) is 2.43. The van der Waals surface area contributed by atoms with Gasteiger partial charge in [-0.3, -0.25) is 0 Å². The van der Waals surface area contributed by atoms with Gasteiger partial charge in [-0.15, -0.1) is 0 Å². The lowest BCUT2D eigenvalue weighted by atomic mass is 10.3. The highest BCUT2D eigenvalue weighted by Gasteiger charge is 1.96. The third kappa shape index (κ3) is 2.73. The van der Waals surface area contributed by atoms with Gasteiger partial charge in [0.1, 0.15) is 0 Å². The molecule has 0 fully saturated rings. The lowest BCUT2D eigenvalue weighted by molar-refractivity contribution is 1.51. The quantitative estimate of drug-likeness (QED) is 0.547. The zero-order valence-corrected chi connectivity index (χ0v) is 6.76. The van der Waals surface area contributed by atoms with Crippen molar-refractivity contribution in [3.63, 3.8) is 0 Å². The van der Waals surface area contributed by atoms with Crippen LogP contribution in [0.15, 0.2) is 34.9 Å². The van der Waals surface area contributed by atoms with Crippen LogP contribution < -0.4 is 0 Å². The first-order chi connectivity index (χ1) is 4.09. The molecular weight excluding hydrogens is 155 g/mol. The Morgan fingerprint density at radius 1 is 1.44 bits per heavy atom. The van der Waals surface area contributed by atoms with Gasteiger partial charge >= 0.3 is 0 Å². The van der Waals surface area contributed by atoms with E-state index in [-0.39, 0.29) is 0 Å². The normalized spacial score (nSPS) is 12.3. The van der Waals surface area contributed by atoms with Crippen molar-refractivity contribution in [2.45, 2.75) is 6.92 Å². The Bertz CT molecular complexity index is 166. The molecule has 9 heavy (non-hydrogen) atoms. The molecule has 0 aliphatic rings. The van der Waals surface area contributed by atoms with Crippen molar-refractivity contribution in [3.05, 3.63) is 34.9 Å². The van der Waals surface area contributed by atoms with Crippen molar-refractivity contribution in [2.75, 3.05) is 0 Å². The van der Waals surface area contributed by atoms with Crippen molar-refractivity contribution in [1.29, 1.82) is 0 Å². The second kappa shape index (κ2) is 3.76. The van der Waals surface area contributed by atoms with Gasteiger partial charge in [0, 0.05) is 0 Å². The Kier molecular flexibility index (Phi) is 3.67. The van der Waals surface area contributed by atoms with Gasteiger partial charge in [-0.05, 0) is 18.6 Å². The average Bonchev–Trinajstić information content (AvgIpc) is 1.84. The lowest BCUT2D eigenvalue weighted by Gasteiger charge is -1.95. The van der Waals surface area contributed by atoms with Gasteiger partial charge in [-0.2, -0.15) is 0 Å². The predicted octanol–water partition coefficient (Wildman–Crippen LogP) is 3.44. The molecule has 0 saturated carbocycles. The van der Waals surface area contributed by atoms with E-state index in [2.05, 4.69) is 13.2 Å². The number of halogens is 2. The summed E-state index contributed by atoms with van der Waals surface area (Å²) < 4.78 is 0. The van der Waals surface area contributed by atoms with Gasteiger partial charge in [0.05, 0.1) is 10.1 Å². The molecular formula is C7H8Cl2. The minimum atomic E-state index is 0.448. The average molecular weight is 163 g/mol. The monoisotopic (exact) mass is 162 g/mol. The molecule has 0 aromatic carbocycles. The van der Waals surface area contributed by atoms with E-state index in [0.29, 0.717) is 10.1 Å². The highest BCUT2D eigenvalue weighted by Crippen LogP contribution is 2.20. The van der Waals surface area contributed by atoms with Crippen molar-refractivity contribution in [1.82, 2.24) is 0 Å². The van der Waals surface area contributed by atoms with Crippen molar-refractivity contribution in [2.24, 2.45) is 0 Å². The zero-order valence-electron chi connectivity index (χ0n) is 5.25. The minimum absolute atomic E-state index is 0.448. The topological polar surface area (TPSA) is 0 Å². The fourth-order valence-corrected chi connectivity index (χ4v) is 0.532. The first-order valence-electron chi connectivity index (χ1n) is 2.43. The van der Waals surface area contributed by atoms with E-state index in [0.717, 1.165) is 5.57 Å². The molecule has 0 heterocycles. The number of rotatable bonds is 2. The van der Waals surface area contributed by atoms with E-state index in [1.54, 1.807) is 6.92 Å². The van der Waals surface area contributed by atoms with Crippen molar-refractivity contribution >= 4 is 23.2 Å². The van der Waals surface area contributed by atoms with E-state index < -0.39 is 0 Å². The largest absolute Gasteiger partial charge is 0.0975 e. The molecule has 2 heteroatoms. The maximum Gasteiger partial charge on any atom is 0.0615 e. The Balaban J connectivity index is 4.47. The molecule has 0 nitrogen and oxygen atoms in total. The molecule has 0 aromatic rings. The molecule has 0 aliphatic carbocycles. The van der Waals surface area contributed by atoms with Crippen molar-refractivity contribution < 1.29 is 0 Å². The summed E-state index contributed by atoms with van der Waals surface area (Å²) in [5, 5.41) is 0.927. The Labute approximate surface area is 65.5 Å². The second-order valence-electron chi connectivity index (χ2n) is 1.65. The van der Waals surface area contributed by atoms with Crippen LogP contribution in [-0.2, 0) is 0 Å². The summed E-state index contributed by atoms with van der Waals surface area (Å²) in [6.07, 6.45) is 1.48. The van der Waals surface area contributed by atoms with Gasteiger partial charge in [0.25, 0.3) is 0 Å². The molecule has 0 spiro atoms. The molecule has 0 aliphatic heterocycles. The zero-order chi connectivity index (χ0) is 7.44. The molecule has 0 aromatic heterocycles. The first kappa shape index (κ1) is 8.80. The number of allylic oxidation sites excluding steroid dienone is 4. The van der Waals surface area contributed by atoms with Gasteiger partial charge < -0.3 is 0 Å². The highest BCUT2D eigenvalue weighted by molar-refractivity contribution is 6.41. The summed E-state index contributed by atoms with van der Waals surface area (Å²) in [5.41, 5.74) is 0.751. The van der Waals surface area contributed by atoms with E-state index in [1.165, 1.54) is 6.08 Å². The van der Waals surface area contributed by atoms with Crippen LogP contribution in [0.25, 0.3) is 0 Å². The number of hydrogen-bond acceptors (Lipinski definition) is 0. The van der Waals surface area contributed by atoms with Gasteiger partial charge in [-0.1, -0.05) is 36.4 Å². The van der Waals surface area contributed by atoms with Gasteiger partial charge in [0.15, 0.2) is 0 Å². The van der Waals surface area contributed by atoms with Crippen LogP contribution in [0.3, 0.4) is 0 Å². The molecule has 0 rings (SSSR count). The molecule has 0 unspecified atom stereocenters. The maximum absolute atomic E-state index is 5.64. The van der Waals surface area contributed by atoms with Crippen LogP contribution in [0.2, 0.25) is 0 Å². The Morgan fingerprint density at radius 2 is 1.89 bits per heavy atom. The summed E-state index contributed by atoms with van der Waals surface area (Å²) in [5.74, 6) is 0. The third-order valence-corrected chi connectivity index (χ3v) is 1.73. The Morgan fingerprint density at radius 3 is 2.00 bits per heavy atom. The van der Waals surface area contributed by atoms with E-state index in [1.807, 2.05) is 0 Å². The van der Waals surface area contributed by atoms with Crippen LogP contribution in [0, 0.1) is 0 Å². The molecule has 0 N–H and O–H groups in total. The van der Waals surface area contributed by atoms with Crippen LogP contribution >= 0.6 is 23.2 Å². The molecule has 50 valence electrons. The van der Waals surface area contributed by atoms with Gasteiger partial charge in [0.2, 0.25) is 0 Å². The van der Waals surface area contributed by atoms with Crippen LogP contribution in [0.1, 0.15) is 6.92 Å². The standard InChI is InChI=1S/C7H8Cl2/c1-4-6(8)7(9)5(2)3/h4H,1-2H2,3H3/b7-6-. The van der Waals surface area contributed by atoms with Crippen LogP contribution in [0.4, 0.5) is 0 Å². The van der Waals surface area contributed by atoms with Crippen LogP contribution in [0.5, 0.6) is 0 Å². The SMILES string of the molecule is C=C/C(Cl)=C(/Cl)C(=C)C. The summed E-state index contributed by atoms with van der Waals surface area (Å²) in [7, 11) is 0. The molecule has 0 bridgehead atoms. The minimum Gasteiger partial charge on any atom is -0.0975 e. The fourth-order valence-electron chi connectivity index (χ4n) is 0.293. The summed E-state index contributed by atoms with van der Waals surface area (Å²) in [4.78, 5) is 0. The van der Waals surface area contributed by atoms with Gasteiger partial charge in [-0.25, -0.2) is 0 Å². The molecule has 0 atom stereocenters. The first-order valence-corrected chi connectivity index (χ1v) is 3.18. The maximum atomic E-state index is 5.64. The van der Waals surface area contributed by atoms with E-state index >= 15 is 0 Å². The van der Waals surface area contributed by atoms with Crippen LogP contribution in [-0.4, -0.2) is 0 Å². The number of hydrogen-bond donors (Lipinski definition) is 0. The fraction of sp³-hybridized carbons (Fsp3) is 0.143. The molecule has 0 radical (unpaired) electrons. The van der Waals surface area contributed by atoms with E-state index in [4.69, 9.17) is 23.2 Å². The molecule has 0 amide bonds.